The van der Waals surface area contributed by atoms with Crippen LogP contribution in [-0.4, -0.2) is 53.7 Å². The number of urea groups is 1. The number of rotatable bonds is 3. The summed E-state index contributed by atoms with van der Waals surface area (Å²) in [6, 6.07) is 5.19. The normalized spacial score (nSPS) is 31.4. The summed E-state index contributed by atoms with van der Waals surface area (Å²) in [7, 11) is 0. The van der Waals surface area contributed by atoms with Crippen LogP contribution in [-0.2, 0) is 15.1 Å². The van der Waals surface area contributed by atoms with Gasteiger partial charge in [-0.05, 0) is 38.5 Å². The van der Waals surface area contributed by atoms with Crippen LogP contribution in [0.2, 0.25) is 0 Å². The van der Waals surface area contributed by atoms with Crippen molar-refractivity contribution in [1.29, 1.82) is 0 Å². The maximum absolute atomic E-state index is 13.1. The first kappa shape index (κ1) is 16.9. The number of benzene rings is 1. The van der Waals surface area contributed by atoms with Crippen LogP contribution >= 0.6 is 0 Å². The van der Waals surface area contributed by atoms with E-state index in [0.717, 1.165) is 0 Å². The second kappa shape index (κ2) is 6.14. The molecular weight excluding hydrogens is 313 g/mol. The van der Waals surface area contributed by atoms with Gasteiger partial charge in [-0.3, -0.25) is 9.69 Å². The summed E-state index contributed by atoms with van der Waals surface area (Å²) < 4.78 is 18.8. The van der Waals surface area contributed by atoms with Crippen LogP contribution in [0.3, 0.4) is 0 Å². The highest BCUT2D eigenvalue weighted by Crippen LogP contribution is 2.29. The van der Waals surface area contributed by atoms with E-state index in [-0.39, 0.29) is 30.6 Å². The monoisotopic (exact) mass is 335 g/mol. The minimum absolute atomic E-state index is 0.0537. The van der Waals surface area contributed by atoms with E-state index < -0.39 is 11.6 Å². The predicted octanol–water partition coefficient (Wildman–Crippen LogP) is 1.66. The third-order valence-electron chi connectivity index (χ3n) is 4.53. The summed E-state index contributed by atoms with van der Waals surface area (Å²) in [4.78, 5) is 28.4. The van der Waals surface area contributed by atoms with E-state index in [1.54, 1.807) is 6.92 Å². The highest BCUT2D eigenvalue weighted by atomic mass is 19.1. The van der Waals surface area contributed by atoms with E-state index in [1.807, 2.05) is 18.7 Å². The summed E-state index contributed by atoms with van der Waals surface area (Å²) in [5, 5.41) is 2.73. The number of nitrogens with zero attached hydrogens (tertiary/aromatic N) is 2. The predicted molar refractivity (Wildman–Crippen MR) is 85.6 cm³/mol. The summed E-state index contributed by atoms with van der Waals surface area (Å²) in [6.07, 6.45) is 0.107. The minimum Gasteiger partial charge on any atom is -0.373 e. The van der Waals surface area contributed by atoms with Gasteiger partial charge in [-0.1, -0.05) is 12.1 Å². The van der Waals surface area contributed by atoms with E-state index in [4.69, 9.17) is 4.74 Å². The molecule has 1 N–H and O–H groups in total. The molecule has 130 valence electrons. The Morgan fingerprint density at radius 3 is 2.38 bits per heavy atom. The molecule has 24 heavy (non-hydrogen) atoms. The quantitative estimate of drug-likeness (QED) is 0.854. The lowest BCUT2D eigenvalue weighted by Gasteiger charge is -2.36. The number of nitrogens with one attached hydrogen (secondary N) is 1. The average molecular weight is 335 g/mol. The molecule has 0 radical (unpaired) electrons. The van der Waals surface area contributed by atoms with Crippen molar-refractivity contribution in [2.45, 2.75) is 38.5 Å². The van der Waals surface area contributed by atoms with Crippen LogP contribution < -0.4 is 5.32 Å². The molecule has 2 heterocycles. The van der Waals surface area contributed by atoms with Crippen molar-refractivity contribution < 1.29 is 18.7 Å². The molecule has 2 saturated heterocycles. The molecule has 7 heteroatoms. The molecule has 0 aromatic heterocycles. The van der Waals surface area contributed by atoms with E-state index in [1.165, 1.54) is 29.2 Å². The summed E-state index contributed by atoms with van der Waals surface area (Å²) in [5.41, 5.74) is -0.609. The lowest BCUT2D eigenvalue weighted by Crippen LogP contribution is -2.51. The third kappa shape index (κ3) is 3.01. The molecule has 0 unspecified atom stereocenters. The number of imide groups is 1. The molecule has 0 bridgehead atoms. The van der Waals surface area contributed by atoms with Crippen molar-refractivity contribution in [3.63, 3.8) is 0 Å². The summed E-state index contributed by atoms with van der Waals surface area (Å²) in [5.74, 6) is -0.710. The van der Waals surface area contributed by atoms with Gasteiger partial charge in [-0.25, -0.2) is 14.1 Å². The van der Waals surface area contributed by atoms with Crippen LogP contribution in [0.5, 0.6) is 0 Å². The Bertz CT molecular complexity index is 641. The Kier molecular flexibility index (Phi) is 4.31. The van der Waals surface area contributed by atoms with E-state index in [0.29, 0.717) is 18.7 Å². The van der Waals surface area contributed by atoms with Gasteiger partial charge in [-0.2, -0.15) is 0 Å². The number of hydrogen-bond acceptors (Lipinski definition) is 4. The number of carbonyl (C=O) groups is 2. The van der Waals surface area contributed by atoms with Crippen LogP contribution in [0, 0.1) is 5.82 Å². The van der Waals surface area contributed by atoms with Crippen molar-refractivity contribution >= 4 is 11.9 Å². The molecule has 0 saturated carbocycles. The average Bonchev–Trinajstić information content (AvgIpc) is 2.71. The molecule has 0 spiro atoms. The van der Waals surface area contributed by atoms with Gasteiger partial charge in [0.2, 0.25) is 0 Å². The summed E-state index contributed by atoms with van der Waals surface area (Å²) >= 11 is 0. The van der Waals surface area contributed by atoms with E-state index >= 15 is 0 Å². The SMILES string of the molecule is C[C@@H]1CN(CN2C(=O)N[C@](C)(c3ccc(F)cc3)C2=O)C[C@@H](C)O1. The maximum atomic E-state index is 13.1. The van der Waals surface area contributed by atoms with E-state index in [2.05, 4.69) is 5.32 Å². The van der Waals surface area contributed by atoms with Gasteiger partial charge in [0.05, 0.1) is 18.9 Å². The van der Waals surface area contributed by atoms with Crippen LogP contribution in [0.15, 0.2) is 24.3 Å². The van der Waals surface area contributed by atoms with Crippen molar-refractivity contribution in [3.05, 3.63) is 35.6 Å². The third-order valence-corrected chi connectivity index (χ3v) is 4.53. The molecule has 0 aliphatic carbocycles. The van der Waals surface area contributed by atoms with Gasteiger partial charge in [0.15, 0.2) is 0 Å². The molecule has 2 aliphatic rings. The van der Waals surface area contributed by atoms with Crippen molar-refractivity contribution in [2.24, 2.45) is 0 Å². The second-order valence-electron chi connectivity index (χ2n) is 6.73. The molecule has 1 aromatic carbocycles. The lowest BCUT2D eigenvalue weighted by atomic mass is 9.92. The largest absolute Gasteiger partial charge is 0.373 e. The van der Waals surface area contributed by atoms with Crippen molar-refractivity contribution in [2.75, 3.05) is 19.8 Å². The molecule has 3 amide bonds. The first-order valence-electron chi connectivity index (χ1n) is 8.07. The van der Waals surface area contributed by atoms with Gasteiger partial charge in [0.1, 0.15) is 11.4 Å². The van der Waals surface area contributed by atoms with Gasteiger partial charge >= 0.3 is 6.03 Å². The fraction of sp³-hybridized carbons (Fsp3) is 0.529. The second-order valence-corrected chi connectivity index (χ2v) is 6.73. The number of hydrogen-bond donors (Lipinski definition) is 1. The first-order valence-corrected chi connectivity index (χ1v) is 8.07. The molecule has 2 aliphatic heterocycles. The molecule has 1 aromatic rings. The molecule has 2 fully saturated rings. The van der Waals surface area contributed by atoms with Crippen LogP contribution in [0.25, 0.3) is 0 Å². The molecular formula is C17H22FN3O3. The Labute approximate surface area is 140 Å². The highest BCUT2D eigenvalue weighted by Gasteiger charge is 2.49. The van der Waals surface area contributed by atoms with E-state index in [9.17, 15) is 14.0 Å². The molecule has 3 atom stereocenters. The number of ether oxygens (including phenoxy) is 1. The van der Waals surface area contributed by atoms with Gasteiger partial charge in [-0.15, -0.1) is 0 Å². The highest BCUT2D eigenvalue weighted by molar-refractivity contribution is 6.07. The number of amides is 3. The zero-order chi connectivity index (χ0) is 17.5. The van der Waals surface area contributed by atoms with Gasteiger partial charge in [0, 0.05) is 13.1 Å². The van der Waals surface area contributed by atoms with Crippen LogP contribution in [0.4, 0.5) is 9.18 Å². The minimum atomic E-state index is -1.17. The fourth-order valence-electron chi connectivity index (χ4n) is 3.40. The van der Waals surface area contributed by atoms with Crippen molar-refractivity contribution in [1.82, 2.24) is 15.1 Å². The first-order chi connectivity index (χ1) is 11.3. The molecule has 6 nitrogen and oxygen atoms in total. The Balaban J connectivity index is 1.77. The smallest absolute Gasteiger partial charge is 0.326 e. The number of carbonyl (C=O) groups excluding carboxylic acids is 2. The Morgan fingerprint density at radius 2 is 1.79 bits per heavy atom. The standard InChI is InChI=1S/C17H22FN3O3/c1-11-8-20(9-12(2)24-11)10-21-15(22)17(3,19-16(21)23)13-4-6-14(18)7-5-13/h4-7,11-12H,8-10H2,1-3H3,(H,19,23)/t11-,12-,17-/m1/s1. The zero-order valence-electron chi connectivity index (χ0n) is 14.1. The van der Waals surface area contributed by atoms with Crippen LogP contribution in [0.1, 0.15) is 26.3 Å². The fourth-order valence-corrected chi connectivity index (χ4v) is 3.40. The summed E-state index contributed by atoms with van der Waals surface area (Å²) in [6.45, 7) is 7.13. The Hall–Kier alpha value is -1.99. The van der Waals surface area contributed by atoms with Crippen molar-refractivity contribution in [3.8, 4) is 0 Å². The number of morpholine rings is 1. The Morgan fingerprint density at radius 1 is 1.21 bits per heavy atom. The topological polar surface area (TPSA) is 61.9 Å². The zero-order valence-corrected chi connectivity index (χ0v) is 14.1. The van der Waals surface area contributed by atoms with Gasteiger partial charge in [0.25, 0.3) is 5.91 Å². The lowest BCUT2D eigenvalue weighted by molar-refractivity contribution is -0.135. The number of halogens is 1. The maximum Gasteiger partial charge on any atom is 0.326 e. The molecule has 3 rings (SSSR count). The van der Waals surface area contributed by atoms with Gasteiger partial charge < -0.3 is 10.1 Å².